The van der Waals surface area contributed by atoms with Gasteiger partial charge in [-0.05, 0) is 39.5 Å². The van der Waals surface area contributed by atoms with Crippen LogP contribution in [0.5, 0.6) is 0 Å². The van der Waals surface area contributed by atoms with Crippen LogP contribution in [-0.4, -0.2) is 45.2 Å². The van der Waals surface area contributed by atoms with E-state index in [1.165, 1.54) is 4.90 Å². The van der Waals surface area contributed by atoms with Crippen LogP contribution in [0.2, 0.25) is 0 Å². The Labute approximate surface area is 95.0 Å². The number of ether oxygens (including phenoxy) is 1. The van der Waals surface area contributed by atoms with Crippen molar-refractivity contribution in [1.29, 1.82) is 0 Å². The summed E-state index contributed by atoms with van der Waals surface area (Å²) in [6, 6.07) is -0.347. The van der Waals surface area contributed by atoms with Crippen LogP contribution in [0.4, 0.5) is 4.79 Å². The lowest BCUT2D eigenvalue weighted by molar-refractivity contribution is -0.0965. The van der Waals surface area contributed by atoms with Gasteiger partial charge in [-0.2, -0.15) is 0 Å². The predicted molar refractivity (Wildman–Crippen MR) is 56.6 cm³/mol. The normalized spacial score (nSPS) is 32.9. The summed E-state index contributed by atoms with van der Waals surface area (Å²) in [5.74, 6) is 0.430. The highest BCUT2D eigenvalue weighted by molar-refractivity contribution is 5.70. The fraction of sp³-hybridized carbons (Fsp3) is 0.909. The number of hydrogen-bond donors (Lipinski definition) is 2. The Morgan fingerprint density at radius 3 is 2.50 bits per heavy atom. The molecule has 0 aromatic carbocycles. The van der Waals surface area contributed by atoms with Gasteiger partial charge in [0.15, 0.2) is 6.29 Å². The summed E-state index contributed by atoms with van der Waals surface area (Å²) < 4.78 is 5.26. The second kappa shape index (κ2) is 3.60. The number of nitrogens with zero attached hydrogens (tertiary/aromatic N) is 1. The maximum absolute atomic E-state index is 11.9. The molecular formula is C11H19NO4. The average Bonchev–Trinajstić information content (AvgIpc) is 2.73. The van der Waals surface area contributed by atoms with Gasteiger partial charge in [-0.3, -0.25) is 4.90 Å². The average molecular weight is 229 g/mol. The summed E-state index contributed by atoms with van der Waals surface area (Å²) in [4.78, 5) is 13.4. The molecule has 0 spiro atoms. The molecule has 1 aliphatic heterocycles. The third-order valence-corrected chi connectivity index (χ3v) is 3.09. The van der Waals surface area contributed by atoms with Crippen LogP contribution in [-0.2, 0) is 4.74 Å². The van der Waals surface area contributed by atoms with E-state index in [0.717, 1.165) is 6.42 Å². The van der Waals surface area contributed by atoms with E-state index in [-0.39, 0.29) is 6.04 Å². The molecule has 0 unspecified atom stereocenters. The zero-order valence-corrected chi connectivity index (χ0v) is 9.88. The third-order valence-electron chi connectivity index (χ3n) is 3.09. The summed E-state index contributed by atoms with van der Waals surface area (Å²) in [5.41, 5.74) is -0.547. The molecule has 2 fully saturated rings. The summed E-state index contributed by atoms with van der Waals surface area (Å²) in [6.45, 7) is 5.40. The van der Waals surface area contributed by atoms with Crippen molar-refractivity contribution in [3.63, 3.8) is 0 Å². The van der Waals surface area contributed by atoms with Gasteiger partial charge in [-0.1, -0.05) is 0 Å². The number of rotatable bonds is 1. The Hall–Kier alpha value is -0.810. The molecule has 3 atom stereocenters. The van der Waals surface area contributed by atoms with E-state index in [1.807, 2.05) is 0 Å². The monoisotopic (exact) mass is 229 g/mol. The minimum absolute atomic E-state index is 0.154. The Balaban J connectivity index is 2.04. The molecule has 16 heavy (non-hydrogen) atoms. The molecule has 5 heteroatoms. The predicted octanol–water partition coefficient (Wildman–Crippen LogP) is 0.695. The Morgan fingerprint density at radius 1 is 1.38 bits per heavy atom. The van der Waals surface area contributed by atoms with Gasteiger partial charge in [0.1, 0.15) is 5.60 Å². The fourth-order valence-electron chi connectivity index (χ4n) is 2.35. The van der Waals surface area contributed by atoms with Crippen molar-refractivity contribution >= 4 is 6.09 Å². The highest BCUT2D eigenvalue weighted by Crippen LogP contribution is 2.48. The molecular weight excluding hydrogens is 210 g/mol. The van der Waals surface area contributed by atoms with Gasteiger partial charge in [-0.25, -0.2) is 4.79 Å². The maximum Gasteiger partial charge on any atom is 0.410 e. The molecule has 0 radical (unpaired) electrons. The number of carbonyl (C=O) groups is 1. The number of hydrogen-bond acceptors (Lipinski definition) is 4. The molecule has 0 bridgehead atoms. The van der Waals surface area contributed by atoms with Crippen molar-refractivity contribution < 1.29 is 19.7 Å². The highest BCUT2D eigenvalue weighted by atomic mass is 16.6. The first kappa shape index (κ1) is 11.7. The quantitative estimate of drug-likeness (QED) is 0.649. The number of carbonyl (C=O) groups excluding carboxylic acids is 1. The molecule has 0 aromatic heterocycles. The lowest BCUT2D eigenvalue weighted by Gasteiger charge is -2.31. The molecule has 1 saturated heterocycles. The molecule has 1 amide bonds. The van der Waals surface area contributed by atoms with Gasteiger partial charge in [0.05, 0.1) is 6.04 Å². The van der Waals surface area contributed by atoms with Gasteiger partial charge in [-0.15, -0.1) is 0 Å². The second-order valence-electron chi connectivity index (χ2n) is 5.67. The van der Waals surface area contributed by atoms with Gasteiger partial charge < -0.3 is 14.9 Å². The molecule has 2 rings (SSSR count). The van der Waals surface area contributed by atoms with Crippen LogP contribution in [0.25, 0.3) is 0 Å². The number of aliphatic hydroxyl groups is 2. The van der Waals surface area contributed by atoms with E-state index < -0.39 is 24.0 Å². The molecule has 92 valence electrons. The first-order chi connectivity index (χ1) is 7.29. The molecule has 0 aromatic rings. The third kappa shape index (κ3) is 2.15. The molecule has 5 nitrogen and oxygen atoms in total. The standard InChI is InChI=1S/C11H19NO4/c1-11(2,3)16-10(15)12-7-4-6(7)5-8(12)9(13)14/h6-9,13-14H,4-5H2,1-3H3/t6-,7-,8+/m1/s1. The lowest BCUT2D eigenvalue weighted by atomic mass is 10.1. The molecule has 1 saturated carbocycles. The first-order valence-corrected chi connectivity index (χ1v) is 5.67. The van der Waals surface area contributed by atoms with Crippen molar-refractivity contribution in [3.8, 4) is 0 Å². The summed E-state index contributed by atoms with van der Waals surface area (Å²) in [7, 11) is 0. The highest BCUT2D eigenvalue weighted by Gasteiger charge is 2.56. The Bertz CT molecular complexity index is 297. The van der Waals surface area contributed by atoms with Crippen molar-refractivity contribution in [1.82, 2.24) is 4.90 Å². The molecule has 1 aliphatic carbocycles. The van der Waals surface area contributed by atoms with Crippen molar-refractivity contribution in [2.24, 2.45) is 5.92 Å². The van der Waals surface area contributed by atoms with E-state index in [2.05, 4.69) is 0 Å². The van der Waals surface area contributed by atoms with Crippen LogP contribution in [0, 0.1) is 5.92 Å². The van der Waals surface area contributed by atoms with E-state index in [4.69, 9.17) is 4.74 Å². The van der Waals surface area contributed by atoms with Gasteiger partial charge in [0.2, 0.25) is 0 Å². The Kier molecular flexibility index (Phi) is 2.62. The summed E-state index contributed by atoms with van der Waals surface area (Å²) in [5, 5.41) is 18.4. The summed E-state index contributed by atoms with van der Waals surface area (Å²) in [6.07, 6.45) is -0.278. The van der Waals surface area contributed by atoms with Gasteiger partial charge in [0.25, 0.3) is 0 Å². The largest absolute Gasteiger partial charge is 0.444 e. The Morgan fingerprint density at radius 2 is 2.00 bits per heavy atom. The van der Waals surface area contributed by atoms with E-state index in [9.17, 15) is 15.0 Å². The van der Waals surface area contributed by atoms with Crippen LogP contribution < -0.4 is 0 Å². The SMILES string of the molecule is CC(C)(C)OC(=O)N1[C@@H]2C[C@@H]2C[C@H]1C(O)O. The van der Waals surface area contributed by atoms with Crippen LogP contribution in [0.1, 0.15) is 33.6 Å². The maximum atomic E-state index is 11.9. The smallest absolute Gasteiger partial charge is 0.410 e. The molecule has 2 N–H and O–H groups in total. The van der Waals surface area contributed by atoms with E-state index >= 15 is 0 Å². The minimum atomic E-state index is -1.47. The number of likely N-dealkylation sites (tertiary alicyclic amines) is 1. The van der Waals surface area contributed by atoms with Crippen molar-refractivity contribution in [3.05, 3.63) is 0 Å². The van der Waals surface area contributed by atoms with Gasteiger partial charge >= 0.3 is 6.09 Å². The number of piperidine rings is 1. The molecule has 1 heterocycles. The number of fused-ring (bicyclic) bond motifs is 1. The van der Waals surface area contributed by atoms with Crippen LogP contribution in [0.15, 0.2) is 0 Å². The molecule has 2 aliphatic rings. The topological polar surface area (TPSA) is 70.0 Å². The fourth-order valence-corrected chi connectivity index (χ4v) is 2.35. The van der Waals surface area contributed by atoms with Crippen LogP contribution >= 0.6 is 0 Å². The second-order valence-corrected chi connectivity index (χ2v) is 5.67. The summed E-state index contributed by atoms with van der Waals surface area (Å²) >= 11 is 0. The number of aliphatic hydroxyl groups excluding tert-OH is 1. The lowest BCUT2D eigenvalue weighted by Crippen LogP contribution is -2.47. The van der Waals surface area contributed by atoms with Crippen molar-refractivity contribution in [2.75, 3.05) is 0 Å². The number of amides is 1. The van der Waals surface area contributed by atoms with Gasteiger partial charge in [0, 0.05) is 6.04 Å². The zero-order valence-electron chi connectivity index (χ0n) is 9.88. The van der Waals surface area contributed by atoms with Crippen LogP contribution in [0.3, 0.4) is 0 Å². The zero-order chi connectivity index (χ0) is 12.1. The first-order valence-electron chi connectivity index (χ1n) is 5.67. The minimum Gasteiger partial charge on any atom is -0.444 e. The van der Waals surface area contributed by atoms with Crippen molar-refractivity contribution in [2.45, 2.75) is 57.6 Å². The van der Waals surface area contributed by atoms with E-state index in [0.29, 0.717) is 12.3 Å². The van der Waals surface area contributed by atoms with E-state index in [1.54, 1.807) is 20.8 Å².